The molecule has 1 aromatic carbocycles. The first-order chi connectivity index (χ1) is 16.0. The number of nitrogens with zero attached hydrogens (tertiary/aromatic N) is 1. The van der Waals surface area contributed by atoms with Crippen molar-refractivity contribution in [2.45, 2.75) is 88.5 Å². The number of fused-ring (bicyclic) bond motifs is 1. The molecule has 2 amide bonds. The third-order valence-electron chi connectivity index (χ3n) is 8.37. The smallest absolute Gasteiger partial charge is 0.240 e. The summed E-state index contributed by atoms with van der Waals surface area (Å²) < 4.78 is 28.8. The van der Waals surface area contributed by atoms with Crippen LogP contribution in [-0.4, -0.2) is 39.9 Å². The second-order valence-electron chi connectivity index (χ2n) is 11.1. The summed E-state index contributed by atoms with van der Waals surface area (Å²) in [5.41, 5.74) is 0.749. The zero-order valence-electron chi connectivity index (χ0n) is 20.9. The van der Waals surface area contributed by atoms with Crippen LogP contribution in [0.5, 0.6) is 0 Å². The van der Waals surface area contributed by atoms with Crippen molar-refractivity contribution in [1.29, 1.82) is 0 Å². The molecule has 2 aliphatic carbocycles. The molecule has 4 rings (SSSR count). The van der Waals surface area contributed by atoms with Gasteiger partial charge in [-0.1, -0.05) is 19.8 Å². The van der Waals surface area contributed by atoms with Crippen LogP contribution in [-0.2, 0) is 25.0 Å². The van der Waals surface area contributed by atoms with E-state index in [9.17, 15) is 18.0 Å². The van der Waals surface area contributed by atoms with Gasteiger partial charge in [-0.25, -0.2) is 13.1 Å². The molecule has 0 spiro atoms. The van der Waals surface area contributed by atoms with Gasteiger partial charge in [0, 0.05) is 31.2 Å². The molecule has 1 aromatic rings. The van der Waals surface area contributed by atoms with Crippen LogP contribution in [0.15, 0.2) is 23.1 Å². The highest BCUT2D eigenvalue weighted by molar-refractivity contribution is 7.89. The highest BCUT2D eigenvalue weighted by Crippen LogP contribution is 2.41. The summed E-state index contributed by atoms with van der Waals surface area (Å²) in [7, 11) is -1.96. The van der Waals surface area contributed by atoms with Gasteiger partial charge in [-0.2, -0.15) is 0 Å². The van der Waals surface area contributed by atoms with Crippen LogP contribution in [0.1, 0.15) is 77.7 Å². The van der Waals surface area contributed by atoms with Gasteiger partial charge in [-0.3, -0.25) is 9.59 Å². The van der Waals surface area contributed by atoms with Gasteiger partial charge in [0.1, 0.15) is 0 Å². The van der Waals surface area contributed by atoms with Crippen LogP contribution in [0.25, 0.3) is 0 Å². The quantitative estimate of drug-likeness (QED) is 0.637. The first kappa shape index (κ1) is 25.2. The van der Waals surface area contributed by atoms with Crippen molar-refractivity contribution in [3.63, 3.8) is 0 Å². The Labute approximate surface area is 204 Å². The van der Waals surface area contributed by atoms with Crippen molar-refractivity contribution in [3.05, 3.63) is 23.8 Å². The molecule has 0 saturated heterocycles. The number of likely N-dealkylation sites (N-methyl/N-ethyl adjacent to an activating group) is 1. The molecular formula is C26H39N3O4S. The molecule has 188 valence electrons. The lowest BCUT2D eigenvalue weighted by molar-refractivity contribution is -0.127. The van der Waals surface area contributed by atoms with Crippen LogP contribution < -0.4 is 14.9 Å². The number of sulfonamides is 1. The average Bonchev–Trinajstić information content (AvgIpc) is 2.99. The Balaban J connectivity index is 1.30. The van der Waals surface area contributed by atoms with E-state index < -0.39 is 15.4 Å². The predicted octanol–water partition coefficient (Wildman–Crippen LogP) is 3.72. The molecule has 8 heteroatoms. The van der Waals surface area contributed by atoms with Gasteiger partial charge in [0.25, 0.3) is 0 Å². The number of carbonyl (C=O) groups is 2. The summed E-state index contributed by atoms with van der Waals surface area (Å²) in [6, 6.07) is 5.22. The number of benzene rings is 1. The minimum atomic E-state index is -3.68. The number of amides is 2. The normalized spacial score (nSPS) is 29.1. The van der Waals surface area contributed by atoms with Gasteiger partial charge in [0.05, 0.1) is 10.3 Å². The molecule has 2 fully saturated rings. The average molecular weight is 490 g/mol. The van der Waals surface area contributed by atoms with E-state index in [-0.39, 0.29) is 28.5 Å². The van der Waals surface area contributed by atoms with Crippen molar-refractivity contribution in [2.24, 2.45) is 17.8 Å². The molecule has 1 heterocycles. The predicted molar refractivity (Wildman–Crippen MR) is 133 cm³/mol. The monoisotopic (exact) mass is 489 g/mol. The van der Waals surface area contributed by atoms with Crippen LogP contribution in [0.2, 0.25) is 0 Å². The van der Waals surface area contributed by atoms with Crippen molar-refractivity contribution in [3.8, 4) is 0 Å². The standard InChI is InChI=1S/C26H39N3O4S/c1-17-7-5-6-8-22(17)28-24(30)19-11-9-18(10-12-19)16-27-34(32,33)20-13-14-23-21(15-20)26(2,3)25(31)29(23)4/h13-15,17-19,22,27H,5-12,16H2,1-4H3,(H,28,30)/t17-,18?,19?,22+/m0/s1. The molecule has 0 bridgehead atoms. The molecule has 0 aromatic heterocycles. The number of nitrogens with one attached hydrogen (secondary N) is 2. The molecule has 0 radical (unpaired) electrons. The van der Waals surface area contributed by atoms with E-state index in [1.54, 1.807) is 30.1 Å². The van der Waals surface area contributed by atoms with Gasteiger partial charge in [-0.05, 0) is 88.0 Å². The topological polar surface area (TPSA) is 95.6 Å². The summed E-state index contributed by atoms with van der Waals surface area (Å²) >= 11 is 0. The van der Waals surface area contributed by atoms with Crippen molar-refractivity contribution in [1.82, 2.24) is 10.0 Å². The molecule has 2 saturated carbocycles. The van der Waals surface area contributed by atoms with Crippen LogP contribution >= 0.6 is 0 Å². The molecule has 2 N–H and O–H groups in total. The van der Waals surface area contributed by atoms with Gasteiger partial charge in [-0.15, -0.1) is 0 Å². The van der Waals surface area contributed by atoms with E-state index in [1.165, 1.54) is 19.3 Å². The largest absolute Gasteiger partial charge is 0.353 e. The minimum absolute atomic E-state index is 0.0375. The number of carbonyl (C=O) groups excluding carboxylic acids is 2. The maximum Gasteiger partial charge on any atom is 0.240 e. The Morgan fingerprint density at radius 3 is 2.44 bits per heavy atom. The van der Waals surface area contributed by atoms with E-state index in [0.717, 1.165) is 43.4 Å². The summed E-state index contributed by atoms with van der Waals surface area (Å²) in [5, 5.41) is 3.29. The SMILES string of the molecule is C[C@H]1CCCC[C@H]1NC(=O)C1CCC(CNS(=O)(=O)c2ccc3c(c2)C(C)(C)C(=O)N3C)CC1. The molecular weight excluding hydrogens is 450 g/mol. The third kappa shape index (κ3) is 4.89. The maximum absolute atomic E-state index is 13.0. The van der Waals surface area contributed by atoms with Crippen LogP contribution in [0, 0.1) is 17.8 Å². The fourth-order valence-corrected chi connectivity index (χ4v) is 7.03. The number of anilines is 1. The number of hydrogen-bond acceptors (Lipinski definition) is 4. The van der Waals surface area contributed by atoms with Gasteiger partial charge >= 0.3 is 0 Å². The summed E-state index contributed by atoms with van der Waals surface area (Å²) in [5.74, 6) is 0.954. The van der Waals surface area contributed by atoms with E-state index in [2.05, 4.69) is 17.0 Å². The zero-order valence-corrected chi connectivity index (χ0v) is 21.7. The van der Waals surface area contributed by atoms with Crippen LogP contribution in [0.4, 0.5) is 5.69 Å². The first-order valence-electron chi connectivity index (χ1n) is 12.7. The second-order valence-corrected chi connectivity index (χ2v) is 12.9. The Morgan fingerprint density at radius 1 is 1.09 bits per heavy atom. The summed E-state index contributed by atoms with van der Waals surface area (Å²) in [6.45, 7) is 6.25. The third-order valence-corrected chi connectivity index (χ3v) is 9.79. The van der Waals surface area contributed by atoms with Crippen LogP contribution in [0.3, 0.4) is 0 Å². The maximum atomic E-state index is 13.0. The van der Waals surface area contributed by atoms with E-state index >= 15 is 0 Å². The van der Waals surface area contributed by atoms with Crippen molar-refractivity contribution in [2.75, 3.05) is 18.5 Å². The van der Waals surface area contributed by atoms with E-state index in [0.29, 0.717) is 18.5 Å². The Hall–Kier alpha value is -1.93. The summed E-state index contributed by atoms with van der Waals surface area (Å²) in [4.78, 5) is 27.1. The fraction of sp³-hybridized carbons (Fsp3) is 0.692. The first-order valence-corrected chi connectivity index (χ1v) is 14.2. The van der Waals surface area contributed by atoms with Crippen molar-refractivity contribution >= 4 is 27.5 Å². The molecule has 34 heavy (non-hydrogen) atoms. The lowest BCUT2D eigenvalue weighted by atomic mass is 9.80. The summed E-state index contributed by atoms with van der Waals surface area (Å²) in [6.07, 6.45) is 8.01. The number of hydrogen-bond donors (Lipinski definition) is 2. The molecule has 3 aliphatic rings. The van der Waals surface area contributed by atoms with Gasteiger partial charge in [0.15, 0.2) is 0 Å². The van der Waals surface area contributed by atoms with Gasteiger partial charge in [0.2, 0.25) is 21.8 Å². The van der Waals surface area contributed by atoms with Crippen molar-refractivity contribution < 1.29 is 18.0 Å². The second kappa shape index (κ2) is 9.61. The lowest BCUT2D eigenvalue weighted by Crippen LogP contribution is -2.44. The van der Waals surface area contributed by atoms with E-state index in [4.69, 9.17) is 0 Å². The zero-order chi connectivity index (χ0) is 24.7. The fourth-order valence-electron chi connectivity index (χ4n) is 5.89. The Kier molecular flexibility index (Phi) is 7.11. The molecule has 2 atom stereocenters. The highest BCUT2D eigenvalue weighted by Gasteiger charge is 2.42. The Morgan fingerprint density at radius 2 is 1.76 bits per heavy atom. The number of rotatable bonds is 6. The molecule has 0 unspecified atom stereocenters. The Bertz CT molecular complexity index is 1040. The molecule has 7 nitrogen and oxygen atoms in total. The molecule has 1 aliphatic heterocycles. The lowest BCUT2D eigenvalue weighted by Gasteiger charge is -2.33. The van der Waals surface area contributed by atoms with Gasteiger partial charge < -0.3 is 10.2 Å². The van der Waals surface area contributed by atoms with E-state index in [1.807, 2.05) is 13.8 Å². The highest BCUT2D eigenvalue weighted by atomic mass is 32.2. The minimum Gasteiger partial charge on any atom is -0.353 e.